The van der Waals surface area contributed by atoms with E-state index in [0.717, 1.165) is 12.1 Å². The molecule has 0 radical (unpaired) electrons. The Morgan fingerprint density at radius 1 is 0.905 bits per heavy atom. The third-order valence-corrected chi connectivity index (χ3v) is 2.51. The zero-order valence-electron chi connectivity index (χ0n) is 9.73. The van der Waals surface area contributed by atoms with Gasteiger partial charge in [-0.25, -0.2) is 22.0 Å². The number of carbonyl (C=O) groups is 1. The van der Waals surface area contributed by atoms with E-state index < -0.39 is 46.4 Å². The third-order valence-electron chi connectivity index (χ3n) is 2.31. The third kappa shape index (κ3) is 2.77. The number of benzene rings is 1. The molecule has 4 nitrogen and oxygen atoms in total. The molecule has 0 unspecified atom stereocenters. The molecule has 0 aliphatic heterocycles. The van der Waals surface area contributed by atoms with E-state index >= 15 is 0 Å². The number of amides is 1. The van der Waals surface area contributed by atoms with E-state index in [2.05, 4.69) is 10.2 Å². The smallest absolute Gasteiger partial charge is 0.276 e. The van der Waals surface area contributed by atoms with Gasteiger partial charge in [-0.1, -0.05) is 11.6 Å². The average molecular weight is 324 g/mol. The van der Waals surface area contributed by atoms with Crippen molar-refractivity contribution in [1.29, 1.82) is 0 Å². The molecule has 1 heterocycles. The van der Waals surface area contributed by atoms with Crippen molar-refractivity contribution in [3.05, 3.63) is 52.1 Å². The second kappa shape index (κ2) is 5.60. The molecule has 0 fully saturated rings. The maximum absolute atomic E-state index is 13.3. The standard InChI is InChI=1S/C11H3ClF5N3O/c12-4-2-1-3(19-20-4)11(21)18-10-8(16)6(14)5(13)7(15)9(10)17/h1-2H,(H,18,21). The monoisotopic (exact) mass is 323 g/mol. The first-order valence-electron chi connectivity index (χ1n) is 5.15. The highest BCUT2D eigenvalue weighted by Crippen LogP contribution is 2.27. The number of rotatable bonds is 2. The number of hydrogen-bond acceptors (Lipinski definition) is 3. The predicted molar refractivity (Wildman–Crippen MR) is 61.2 cm³/mol. The first-order chi connectivity index (χ1) is 9.82. The molecule has 1 amide bonds. The van der Waals surface area contributed by atoms with Gasteiger partial charge in [-0.15, -0.1) is 10.2 Å². The van der Waals surface area contributed by atoms with Gasteiger partial charge in [0.15, 0.2) is 34.1 Å². The summed E-state index contributed by atoms with van der Waals surface area (Å²) in [6.07, 6.45) is 0. The average Bonchev–Trinajstić information content (AvgIpc) is 2.48. The highest BCUT2D eigenvalue weighted by atomic mass is 35.5. The minimum Gasteiger partial charge on any atom is -0.315 e. The zero-order valence-corrected chi connectivity index (χ0v) is 10.5. The Morgan fingerprint density at radius 3 is 1.90 bits per heavy atom. The molecule has 0 saturated carbocycles. The molecule has 0 spiro atoms. The van der Waals surface area contributed by atoms with E-state index in [-0.39, 0.29) is 5.15 Å². The second-order valence-electron chi connectivity index (χ2n) is 3.64. The Bertz CT molecular complexity index is 694. The summed E-state index contributed by atoms with van der Waals surface area (Å²) in [6, 6.07) is 2.21. The van der Waals surface area contributed by atoms with Crippen LogP contribution in [0.1, 0.15) is 10.5 Å². The molecule has 10 heteroatoms. The Morgan fingerprint density at radius 2 is 1.43 bits per heavy atom. The minimum absolute atomic E-state index is 0.0530. The van der Waals surface area contributed by atoms with Gasteiger partial charge in [-0.3, -0.25) is 4.79 Å². The summed E-state index contributed by atoms with van der Waals surface area (Å²) in [6.45, 7) is 0. The van der Waals surface area contributed by atoms with Crippen LogP contribution in [0.3, 0.4) is 0 Å². The van der Waals surface area contributed by atoms with E-state index in [0.29, 0.717) is 0 Å². The van der Waals surface area contributed by atoms with Crippen molar-refractivity contribution in [3.63, 3.8) is 0 Å². The summed E-state index contributed by atoms with van der Waals surface area (Å²) in [4.78, 5) is 11.6. The summed E-state index contributed by atoms with van der Waals surface area (Å²) in [7, 11) is 0. The largest absolute Gasteiger partial charge is 0.315 e. The number of carbonyl (C=O) groups excluding carboxylic acids is 1. The van der Waals surface area contributed by atoms with Crippen LogP contribution in [0.5, 0.6) is 0 Å². The van der Waals surface area contributed by atoms with E-state index in [4.69, 9.17) is 11.6 Å². The van der Waals surface area contributed by atoms with Crippen molar-refractivity contribution < 1.29 is 26.7 Å². The van der Waals surface area contributed by atoms with Gasteiger partial charge in [0.1, 0.15) is 5.69 Å². The Hall–Kier alpha value is -2.29. The van der Waals surface area contributed by atoms with Crippen LogP contribution < -0.4 is 5.32 Å². The van der Waals surface area contributed by atoms with Crippen LogP contribution in [0.4, 0.5) is 27.6 Å². The Labute approximate surface area is 118 Å². The number of nitrogens with one attached hydrogen (secondary N) is 1. The first kappa shape index (κ1) is 15.1. The van der Waals surface area contributed by atoms with Crippen LogP contribution in [0.25, 0.3) is 0 Å². The summed E-state index contributed by atoms with van der Waals surface area (Å²) in [5.41, 5.74) is -1.91. The second-order valence-corrected chi connectivity index (χ2v) is 4.03. The topological polar surface area (TPSA) is 54.9 Å². The van der Waals surface area contributed by atoms with Gasteiger partial charge in [0, 0.05) is 0 Å². The Kier molecular flexibility index (Phi) is 4.03. The normalized spacial score (nSPS) is 10.6. The highest BCUT2D eigenvalue weighted by Gasteiger charge is 2.27. The molecule has 0 aliphatic carbocycles. The fourth-order valence-electron chi connectivity index (χ4n) is 1.33. The van der Waals surface area contributed by atoms with Gasteiger partial charge in [-0.05, 0) is 12.1 Å². The van der Waals surface area contributed by atoms with Crippen molar-refractivity contribution in [2.24, 2.45) is 0 Å². The number of nitrogens with zero attached hydrogens (tertiary/aromatic N) is 2. The maximum atomic E-state index is 13.3. The number of halogens is 6. The van der Waals surface area contributed by atoms with Crippen molar-refractivity contribution >= 4 is 23.2 Å². The fourth-order valence-corrected chi connectivity index (χ4v) is 1.43. The van der Waals surface area contributed by atoms with Crippen molar-refractivity contribution in [2.75, 3.05) is 5.32 Å². The van der Waals surface area contributed by atoms with Crippen molar-refractivity contribution in [3.8, 4) is 0 Å². The lowest BCUT2D eigenvalue weighted by Crippen LogP contribution is -2.18. The van der Waals surface area contributed by atoms with Crippen LogP contribution in [0.2, 0.25) is 5.15 Å². The van der Waals surface area contributed by atoms with Crippen molar-refractivity contribution in [2.45, 2.75) is 0 Å². The van der Waals surface area contributed by atoms with Gasteiger partial charge < -0.3 is 5.32 Å². The molecule has 0 saturated heterocycles. The Balaban J connectivity index is 2.40. The lowest BCUT2D eigenvalue weighted by Gasteiger charge is -2.09. The molecular weight excluding hydrogens is 321 g/mol. The summed E-state index contributed by atoms with van der Waals surface area (Å²) in [5.74, 6) is -12.2. The number of hydrogen-bond donors (Lipinski definition) is 1. The lowest BCUT2D eigenvalue weighted by atomic mass is 10.2. The molecule has 0 aliphatic rings. The molecule has 1 aromatic heterocycles. The summed E-state index contributed by atoms with van der Waals surface area (Å²) < 4.78 is 65.4. The fraction of sp³-hybridized carbons (Fsp3) is 0. The quantitative estimate of drug-likeness (QED) is 0.525. The number of anilines is 1. The molecule has 21 heavy (non-hydrogen) atoms. The van der Waals surface area contributed by atoms with Gasteiger partial charge >= 0.3 is 0 Å². The van der Waals surface area contributed by atoms with E-state index in [1.54, 1.807) is 5.32 Å². The van der Waals surface area contributed by atoms with Crippen LogP contribution in [0, 0.1) is 29.1 Å². The molecule has 2 rings (SSSR count). The van der Waals surface area contributed by atoms with Crippen LogP contribution in [-0.4, -0.2) is 16.1 Å². The molecule has 1 aromatic carbocycles. The SMILES string of the molecule is O=C(Nc1c(F)c(F)c(F)c(F)c1F)c1ccc(Cl)nn1. The summed E-state index contributed by atoms with van der Waals surface area (Å²) >= 11 is 5.42. The molecule has 1 N–H and O–H groups in total. The highest BCUT2D eigenvalue weighted by molar-refractivity contribution is 6.29. The molecule has 0 bridgehead atoms. The van der Waals surface area contributed by atoms with Crippen molar-refractivity contribution in [1.82, 2.24) is 10.2 Å². The molecular formula is C11H3ClF5N3O. The van der Waals surface area contributed by atoms with E-state index in [1.165, 1.54) is 0 Å². The van der Waals surface area contributed by atoms with E-state index in [1.807, 2.05) is 0 Å². The van der Waals surface area contributed by atoms with Gasteiger partial charge in [0.2, 0.25) is 5.82 Å². The van der Waals surface area contributed by atoms with Crippen LogP contribution in [0.15, 0.2) is 12.1 Å². The van der Waals surface area contributed by atoms with Gasteiger partial charge in [0.05, 0.1) is 0 Å². The van der Waals surface area contributed by atoms with E-state index in [9.17, 15) is 26.7 Å². The molecule has 0 atom stereocenters. The molecule has 110 valence electrons. The van der Waals surface area contributed by atoms with Gasteiger partial charge in [0.25, 0.3) is 5.91 Å². The minimum atomic E-state index is -2.32. The molecule has 2 aromatic rings. The van der Waals surface area contributed by atoms with Crippen LogP contribution >= 0.6 is 11.6 Å². The predicted octanol–water partition coefficient (Wildman–Crippen LogP) is 3.08. The lowest BCUT2D eigenvalue weighted by molar-refractivity contribution is 0.102. The number of aromatic nitrogens is 2. The summed E-state index contributed by atoms with van der Waals surface area (Å²) in [5, 5.41) is 8.08. The van der Waals surface area contributed by atoms with Gasteiger partial charge in [-0.2, -0.15) is 0 Å². The first-order valence-corrected chi connectivity index (χ1v) is 5.52. The zero-order chi connectivity index (χ0) is 15.7. The van der Waals surface area contributed by atoms with Crippen LogP contribution in [-0.2, 0) is 0 Å². The maximum Gasteiger partial charge on any atom is 0.276 e.